The van der Waals surface area contributed by atoms with Crippen LogP contribution < -0.4 is 0 Å². The second kappa shape index (κ2) is 6.96. The number of hydrogen-bond acceptors (Lipinski definition) is 0. The molecule has 4 bridgehead atoms. The highest BCUT2D eigenvalue weighted by Crippen LogP contribution is 2.53. The predicted octanol–water partition coefficient (Wildman–Crippen LogP) is 6.06. The van der Waals surface area contributed by atoms with Crippen LogP contribution in [0.3, 0.4) is 0 Å². The molecule has 4 rings (SSSR count). The van der Waals surface area contributed by atoms with Crippen LogP contribution in [0.1, 0.15) is 85.0 Å². The predicted molar refractivity (Wildman–Crippen MR) is 80.6 cm³/mol. The van der Waals surface area contributed by atoms with Gasteiger partial charge in [0.05, 0.1) is 0 Å². The van der Waals surface area contributed by atoms with Gasteiger partial charge in [0.2, 0.25) is 0 Å². The van der Waals surface area contributed by atoms with Crippen LogP contribution >= 0.6 is 0 Å². The topological polar surface area (TPSA) is 0 Å². The van der Waals surface area contributed by atoms with E-state index < -0.39 is 0 Å². The fourth-order valence-corrected chi connectivity index (χ4v) is 4.79. The maximum Gasteiger partial charge on any atom is -0.0406 e. The molecule has 4 aliphatic carbocycles. The standard InChI is InChI=1S/C10H16.C8H18/c1-7-2-9-4-8(1)5-10(3-7)6-9;1-4-5-6-7-8(2)3/h7-10H,1-6H2;8H,4-7H2,1-3H3. The molecule has 0 amide bonds. The monoisotopic (exact) mass is 250 g/mol. The van der Waals surface area contributed by atoms with Crippen LogP contribution in [0.25, 0.3) is 0 Å². The van der Waals surface area contributed by atoms with E-state index >= 15 is 0 Å². The molecule has 0 N–H and O–H groups in total. The van der Waals surface area contributed by atoms with Crippen molar-refractivity contribution in [2.24, 2.45) is 29.6 Å². The van der Waals surface area contributed by atoms with Gasteiger partial charge in [-0.3, -0.25) is 0 Å². The molecule has 4 aliphatic rings. The van der Waals surface area contributed by atoms with Gasteiger partial charge >= 0.3 is 0 Å². The third kappa shape index (κ3) is 4.28. The maximum absolute atomic E-state index is 2.29. The summed E-state index contributed by atoms with van der Waals surface area (Å²) in [6, 6.07) is 0. The molecule has 0 nitrogen and oxygen atoms in total. The van der Waals surface area contributed by atoms with Crippen molar-refractivity contribution in [3.63, 3.8) is 0 Å². The lowest BCUT2D eigenvalue weighted by Crippen LogP contribution is -2.38. The lowest BCUT2D eigenvalue weighted by Gasteiger charge is -2.49. The summed E-state index contributed by atoms with van der Waals surface area (Å²) in [4.78, 5) is 0. The van der Waals surface area contributed by atoms with Crippen LogP contribution in [0.15, 0.2) is 0 Å². The van der Waals surface area contributed by atoms with Gasteiger partial charge in [-0.1, -0.05) is 46.5 Å². The van der Waals surface area contributed by atoms with Gasteiger partial charge in [-0.15, -0.1) is 0 Å². The Balaban J connectivity index is 0.000000139. The van der Waals surface area contributed by atoms with Gasteiger partial charge in [0, 0.05) is 0 Å². The number of hydrogen-bond donors (Lipinski definition) is 0. The lowest BCUT2D eigenvalue weighted by molar-refractivity contribution is 0.0198. The van der Waals surface area contributed by atoms with Crippen molar-refractivity contribution in [2.75, 3.05) is 0 Å². The van der Waals surface area contributed by atoms with Crippen molar-refractivity contribution >= 4 is 0 Å². The van der Waals surface area contributed by atoms with E-state index in [1.807, 2.05) is 0 Å². The van der Waals surface area contributed by atoms with Crippen LogP contribution in [0, 0.1) is 29.6 Å². The molecule has 4 fully saturated rings. The molecule has 0 spiro atoms. The molecule has 0 unspecified atom stereocenters. The summed E-state index contributed by atoms with van der Waals surface area (Å²) in [6.45, 7) is 6.83. The first-order valence-electron chi connectivity index (χ1n) is 8.67. The molecule has 0 saturated heterocycles. The van der Waals surface area contributed by atoms with E-state index in [4.69, 9.17) is 0 Å². The SMILES string of the molecule is C1C2CC3CC1CC(C2)C3.CCCCCC(C)C. The highest BCUT2D eigenvalue weighted by atomic mass is 14.5. The van der Waals surface area contributed by atoms with Gasteiger partial charge < -0.3 is 0 Å². The van der Waals surface area contributed by atoms with Gasteiger partial charge in [0.15, 0.2) is 0 Å². The van der Waals surface area contributed by atoms with Crippen molar-refractivity contribution in [3.8, 4) is 0 Å². The zero-order chi connectivity index (χ0) is 13.0. The first-order chi connectivity index (χ1) is 8.67. The molecule has 0 heterocycles. The molecule has 4 saturated carbocycles. The second-order valence-electron chi connectivity index (χ2n) is 7.77. The Kier molecular flexibility index (Phi) is 5.57. The normalized spacial score (nSPS) is 36.7. The third-order valence-corrected chi connectivity index (χ3v) is 5.39. The quantitative estimate of drug-likeness (QED) is 0.532. The van der Waals surface area contributed by atoms with E-state index in [2.05, 4.69) is 20.8 Å². The van der Waals surface area contributed by atoms with E-state index in [1.165, 1.54) is 49.4 Å². The summed E-state index contributed by atoms with van der Waals surface area (Å²) in [7, 11) is 0. The molecule has 0 radical (unpaired) electrons. The Morgan fingerprint density at radius 2 is 1.11 bits per heavy atom. The van der Waals surface area contributed by atoms with Gasteiger partial charge in [-0.05, 0) is 68.1 Å². The highest BCUT2D eigenvalue weighted by molar-refractivity contribution is 4.92. The Hall–Kier alpha value is 0. The van der Waals surface area contributed by atoms with E-state index in [-0.39, 0.29) is 0 Å². The molecule has 0 aromatic rings. The maximum atomic E-state index is 2.29. The molecule has 0 atom stereocenters. The van der Waals surface area contributed by atoms with Gasteiger partial charge in [0.1, 0.15) is 0 Å². The van der Waals surface area contributed by atoms with E-state index in [0.717, 1.165) is 5.92 Å². The lowest BCUT2D eigenvalue weighted by atomic mass is 9.56. The zero-order valence-electron chi connectivity index (χ0n) is 13.0. The third-order valence-electron chi connectivity index (χ3n) is 5.39. The van der Waals surface area contributed by atoms with Crippen molar-refractivity contribution in [2.45, 2.75) is 85.0 Å². The Morgan fingerprint density at radius 3 is 1.39 bits per heavy atom. The molecule has 18 heavy (non-hydrogen) atoms. The molecule has 0 aliphatic heterocycles. The number of rotatable bonds is 4. The van der Waals surface area contributed by atoms with Crippen LogP contribution in [0.2, 0.25) is 0 Å². The Labute approximate surface area is 115 Å². The van der Waals surface area contributed by atoms with Crippen LogP contribution in [0.4, 0.5) is 0 Å². The summed E-state index contributed by atoms with van der Waals surface area (Å²) in [6.07, 6.45) is 15.2. The van der Waals surface area contributed by atoms with Crippen molar-refractivity contribution in [3.05, 3.63) is 0 Å². The van der Waals surface area contributed by atoms with Crippen LogP contribution in [0.5, 0.6) is 0 Å². The first-order valence-corrected chi connectivity index (χ1v) is 8.67. The largest absolute Gasteiger partial charge is 0.0654 e. The zero-order valence-corrected chi connectivity index (χ0v) is 13.0. The van der Waals surface area contributed by atoms with Crippen molar-refractivity contribution in [1.82, 2.24) is 0 Å². The summed E-state index contributed by atoms with van der Waals surface area (Å²) in [5.74, 6) is 5.61. The average molecular weight is 250 g/mol. The second-order valence-corrected chi connectivity index (χ2v) is 7.77. The minimum absolute atomic E-state index is 0.904. The van der Waals surface area contributed by atoms with E-state index in [9.17, 15) is 0 Å². The van der Waals surface area contributed by atoms with Crippen molar-refractivity contribution in [1.29, 1.82) is 0 Å². The average Bonchev–Trinajstić information content (AvgIpc) is 2.27. The van der Waals surface area contributed by atoms with Gasteiger partial charge in [0.25, 0.3) is 0 Å². The summed E-state index contributed by atoms with van der Waals surface area (Å²) in [5.41, 5.74) is 0. The molecule has 0 aromatic carbocycles. The Morgan fingerprint density at radius 1 is 0.722 bits per heavy atom. The fraction of sp³-hybridized carbons (Fsp3) is 1.00. The van der Waals surface area contributed by atoms with Crippen LogP contribution in [-0.4, -0.2) is 0 Å². The number of unbranched alkanes of at least 4 members (excludes halogenated alkanes) is 2. The molecule has 106 valence electrons. The van der Waals surface area contributed by atoms with Crippen molar-refractivity contribution < 1.29 is 0 Å². The summed E-state index contributed by atoms with van der Waals surface area (Å²) >= 11 is 0. The summed E-state index contributed by atoms with van der Waals surface area (Å²) in [5, 5.41) is 0. The van der Waals surface area contributed by atoms with E-state index in [0.29, 0.717) is 0 Å². The molecule has 0 heteroatoms. The molecular formula is C18H34. The van der Waals surface area contributed by atoms with Gasteiger partial charge in [-0.2, -0.15) is 0 Å². The van der Waals surface area contributed by atoms with E-state index in [1.54, 1.807) is 38.5 Å². The van der Waals surface area contributed by atoms with Crippen LogP contribution in [-0.2, 0) is 0 Å². The minimum Gasteiger partial charge on any atom is -0.0654 e. The fourth-order valence-electron chi connectivity index (χ4n) is 4.79. The minimum atomic E-state index is 0.904. The molecular weight excluding hydrogens is 216 g/mol. The van der Waals surface area contributed by atoms with Gasteiger partial charge in [-0.25, -0.2) is 0 Å². The highest BCUT2D eigenvalue weighted by Gasteiger charge is 2.41. The summed E-state index contributed by atoms with van der Waals surface area (Å²) < 4.78 is 0. The smallest absolute Gasteiger partial charge is 0.0406 e. The Bertz CT molecular complexity index is 172. The molecule has 0 aromatic heterocycles. The first kappa shape index (κ1) is 14.4.